The van der Waals surface area contributed by atoms with Crippen LogP contribution >= 0.6 is 0 Å². The zero-order valence-electron chi connectivity index (χ0n) is 12.0. The average Bonchev–Trinajstić information content (AvgIpc) is 2.91. The van der Waals surface area contributed by atoms with Crippen LogP contribution in [0, 0.1) is 6.92 Å². The van der Waals surface area contributed by atoms with Gasteiger partial charge in [-0.15, -0.1) is 0 Å². The summed E-state index contributed by atoms with van der Waals surface area (Å²) in [5, 5.41) is 3.06. The van der Waals surface area contributed by atoms with Gasteiger partial charge in [-0.1, -0.05) is 12.1 Å². The fourth-order valence-electron chi connectivity index (χ4n) is 2.13. The van der Waals surface area contributed by atoms with Crippen LogP contribution in [0.4, 0.5) is 5.69 Å². The third-order valence-corrected chi connectivity index (χ3v) is 3.14. The van der Waals surface area contributed by atoms with Crippen molar-refractivity contribution in [2.24, 2.45) is 10.7 Å². The number of hydrogen-bond donors (Lipinski definition) is 2. The molecule has 5 heteroatoms. The molecule has 0 saturated carbocycles. The lowest BCUT2D eigenvalue weighted by Gasteiger charge is -2.09. The monoisotopic (exact) mass is 277 g/mol. The van der Waals surface area contributed by atoms with Crippen LogP contribution in [0.2, 0.25) is 0 Å². The zero-order valence-corrected chi connectivity index (χ0v) is 12.0. The van der Waals surface area contributed by atoms with Gasteiger partial charge in [0.1, 0.15) is 0 Å². The molecule has 1 atom stereocenters. The number of nitrogens with zero attached hydrogens (tertiary/aromatic N) is 1. The maximum atomic E-state index is 5.82. The summed E-state index contributed by atoms with van der Waals surface area (Å²) in [7, 11) is 0. The van der Waals surface area contributed by atoms with Crippen molar-refractivity contribution in [3.8, 4) is 0 Å². The van der Waals surface area contributed by atoms with Crippen molar-refractivity contribution in [2.45, 2.75) is 25.9 Å². The maximum Gasteiger partial charge on any atom is 0.193 e. The first kappa shape index (κ1) is 14.8. The highest BCUT2D eigenvalue weighted by molar-refractivity contribution is 5.92. The minimum Gasteiger partial charge on any atom is -0.377 e. The van der Waals surface area contributed by atoms with Gasteiger partial charge in [-0.2, -0.15) is 0 Å². The molecule has 1 saturated heterocycles. The predicted molar refractivity (Wildman–Crippen MR) is 81.1 cm³/mol. The average molecular weight is 277 g/mol. The molecule has 1 unspecified atom stereocenters. The lowest BCUT2D eigenvalue weighted by Crippen LogP contribution is -2.23. The second-order valence-electron chi connectivity index (χ2n) is 4.97. The molecule has 0 amide bonds. The molecule has 0 aliphatic carbocycles. The Bertz CT molecular complexity index is 442. The van der Waals surface area contributed by atoms with Gasteiger partial charge in [0, 0.05) is 12.3 Å². The fourth-order valence-corrected chi connectivity index (χ4v) is 2.13. The lowest BCUT2D eigenvalue weighted by molar-refractivity contribution is 0.0200. The topological polar surface area (TPSA) is 68.9 Å². The summed E-state index contributed by atoms with van der Waals surface area (Å²) in [5.74, 6) is 0.413. The fraction of sp³-hybridized carbons (Fsp3) is 0.533. The molecule has 1 aromatic carbocycles. The predicted octanol–water partition coefficient (Wildman–Crippen LogP) is 1.92. The molecule has 3 N–H and O–H groups in total. The SMILES string of the molecule is Cc1cccc(NC(N)=NCCOCC2CCCO2)c1. The summed E-state index contributed by atoms with van der Waals surface area (Å²) < 4.78 is 11.0. The summed E-state index contributed by atoms with van der Waals surface area (Å²) in [4.78, 5) is 4.23. The number of nitrogens with two attached hydrogens (primary N) is 1. The van der Waals surface area contributed by atoms with Crippen LogP contribution in [0.5, 0.6) is 0 Å². The van der Waals surface area contributed by atoms with E-state index in [1.165, 1.54) is 5.56 Å². The van der Waals surface area contributed by atoms with Gasteiger partial charge in [-0.05, 0) is 37.5 Å². The Morgan fingerprint density at radius 3 is 3.20 bits per heavy atom. The van der Waals surface area contributed by atoms with E-state index in [1.54, 1.807) is 0 Å². The normalized spacial score (nSPS) is 19.2. The number of rotatable bonds is 6. The minimum atomic E-state index is 0.266. The summed E-state index contributed by atoms with van der Waals surface area (Å²) in [5.41, 5.74) is 7.95. The largest absolute Gasteiger partial charge is 0.377 e. The maximum absolute atomic E-state index is 5.82. The minimum absolute atomic E-state index is 0.266. The number of ether oxygens (including phenoxy) is 2. The van der Waals surface area contributed by atoms with Crippen LogP contribution in [0.15, 0.2) is 29.3 Å². The summed E-state index contributed by atoms with van der Waals surface area (Å²) >= 11 is 0. The van der Waals surface area contributed by atoms with Gasteiger partial charge in [0.2, 0.25) is 0 Å². The van der Waals surface area contributed by atoms with Crippen molar-refractivity contribution in [1.29, 1.82) is 0 Å². The van der Waals surface area contributed by atoms with Crippen LogP contribution in [-0.4, -0.2) is 38.4 Å². The Balaban J connectivity index is 1.63. The number of hydrogen-bond acceptors (Lipinski definition) is 3. The van der Waals surface area contributed by atoms with Crippen LogP contribution in [0.3, 0.4) is 0 Å². The molecule has 0 aromatic heterocycles. The lowest BCUT2D eigenvalue weighted by atomic mass is 10.2. The van der Waals surface area contributed by atoms with Crippen LogP contribution in [0.1, 0.15) is 18.4 Å². The Labute approximate surface area is 120 Å². The van der Waals surface area contributed by atoms with E-state index in [4.69, 9.17) is 15.2 Å². The molecule has 1 aliphatic heterocycles. The van der Waals surface area contributed by atoms with Gasteiger partial charge < -0.3 is 20.5 Å². The molecule has 0 spiro atoms. The molecule has 1 heterocycles. The van der Waals surface area contributed by atoms with E-state index in [-0.39, 0.29) is 6.10 Å². The number of aliphatic imine (C=N–C) groups is 1. The van der Waals surface area contributed by atoms with E-state index < -0.39 is 0 Å². The molecule has 1 fully saturated rings. The van der Waals surface area contributed by atoms with E-state index in [9.17, 15) is 0 Å². The number of aryl methyl sites for hydroxylation is 1. The molecule has 0 radical (unpaired) electrons. The van der Waals surface area contributed by atoms with Crippen molar-refractivity contribution in [3.05, 3.63) is 29.8 Å². The highest BCUT2D eigenvalue weighted by Crippen LogP contribution is 2.11. The smallest absolute Gasteiger partial charge is 0.193 e. The number of anilines is 1. The van der Waals surface area contributed by atoms with Crippen LogP contribution < -0.4 is 11.1 Å². The molecule has 20 heavy (non-hydrogen) atoms. The Morgan fingerprint density at radius 2 is 2.45 bits per heavy atom. The van der Waals surface area contributed by atoms with E-state index >= 15 is 0 Å². The van der Waals surface area contributed by atoms with E-state index in [0.717, 1.165) is 25.1 Å². The molecule has 1 aliphatic rings. The summed E-state index contributed by atoms with van der Waals surface area (Å²) in [6, 6.07) is 8.01. The number of guanidine groups is 1. The van der Waals surface area contributed by atoms with E-state index in [0.29, 0.717) is 25.7 Å². The standard InChI is InChI=1S/C15H23N3O2/c1-12-4-2-5-13(10-12)18-15(16)17-7-9-19-11-14-6-3-8-20-14/h2,4-5,10,14H,3,6-9,11H2,1H3,(H3,16,17,18). The molecule has 110 valence electrons. The molecule has 1 aromatic rings. The zero-order chi connectivity index (χ0) is 14.2. The number of nitrogens with one attached hydrogen (secondary N) is 1. The molecule has 2 rings (SSSR count). The first-order chi connectivity index (χ1) is 9.74. The van der Waals surface area contributed by atoms with Gasteiger partial charge in [0.05, 0.1) is 25.9 Å². The molecule has 0 bridgehead atoms. The van der Waals surface area contributed by atoms with Crippen molar-refractivity contribution >= 4 is 11.6 Å². The quantitative estimate of drug-likeness (QED) is 0.473. The second kappa shape index (κ2) is 7.87. The summed E-state index contributed by atoms with van der Waals surface area (Å²) in [6.07, 6.45) is 2.50. The highest BCUT2D eigenvalue weighted by atomic mass is 16.5. The Kier molecular flexibility index (Phi) is 5.83. The summed E-state index contributed by atoms with van der Waals surface area (Å²) in [6.45, 7) is 4.67. The Hall–Kier alpha value is -1.59. The van der Waals surface area contributed by atoms with Crippen molar-refractivity contribution in [1.82, 2.24) is 0 Å². The first-order valence-corrected chi connectivity index (χ1v) is 7.07. The number of benzene rings is 1. The van der Waals surface area contributed by atoms with Gasteiger partial charge >= 0.3 is 0 Å². The van der Waals surface area contributed by atoms with Crippen molar-refractivity contribution in [2.75, 3.05) is 31.7 Å². The third kappa shape index (κ3) is 5.19. The van der Waals surface area contributed by atoms with Gasteiger partial charge in [0.25, 0.3) is 0 Å². The van der Waals surface area contributed by atoms with Crippen LogP contribution in [0.25, 0.3) is 0 Å². The molecular weight excluding hydrogens is 254 g/mol. The molecule has 5 nitrogen and oxygen atoms in total. The third-order valence-electron chi connectivity index (χ3n) is 3.14. The van der Waals surface area contributed by atoms with Crippen molar-refractivity contribution < 1.29 is 9.47 Å². The Morgan fingerprint density at radius 1 is 1.55 bits per heavy atom. The van der Waals surface area contributed by atoms with E-state index in [2.05, 4.69) is 10.3 Å². The second-order valence-corrected chi connectivity index (χ2v) is 4.97. The molecular formula is C15H23N3O2. The van der Waals surface area contributed by atoms with E-state index in [1.807, 2.05) is 31.2 Å². The van der Waals surface area contributed by atoms with Crippen LogP contribution in [-0.2, 0) is 9.47 Å². The van der Waals surface area contributed by atoms with Crippen molar-refractivity contribution in [3.63, 3.8) is 0 Å². The van der Waals surface area contributed by atoms with Gasteiger partial charge in [0.15, 0.2) is 5.96 Å². The first-order valence-electron chi connectivity index (χ1n) is 7.07. The highest BCUT2D eigenvalue weighted by Gasteiger charge is 2.14. The van der Waals surface area contributed by atoms with Gasteiger partial charge in [-0.3, -0.25) is 4.99 Å². The van der Waals surface area contributed by atoms with Gasteiger partial charge in [-0.25, -0.2) is 0 Å².